The van der Waals surface area contributed by atoms with Crippen molar-refractivity contribution < 1.29 is 13.2 Å². The Kier molecular flexibility index (Phi) is 9.33. The van der Waals surface area contributed by atoms with Crippen LogP contribution in [0.3, 0.4) is 0 Å². The number of anilines is 1. The Morgan fingerprint density at radius 1 is 1.24 bits per heavy atom. The Labute approximate surface area is 190 Å². The van der Waals surface area contributed by atoms with E-state index in [9.17, 15) is 13.2 Å². The summed E-state index contributed by atoms with van der Waals surface area (Å²) in [5.74, 6) is 1.36. The van der Waals surface area contributed by atoms with Crippen molar-refractivity contribution in [2.24, 2.45) is 0 Å². The van der Waals surface area contributed by atoms with Gasteiger partial charge in [-0.2, -0.15) is 11.8 Å². The fourth-order valence-electron chi connectivity index (χ4n) is 2.57. The number of thioether (sulfide) groups is 1. The van der Waals surface area contributed by atoms with Crippen LogP contribution in [-0.4, -0.2) is 39.4 Å². The van der Waals surface area contributed by atoms with Crippen LogP contribution in [0, 0.1) is 6.92 Å². The van der Waals surface area contributed by atoms with Gasteiger partial charge >= 0.3 is 0 Å². The molecule has 0 unspecified atom stereocenters. The van der Waals surface area contributed by atoms with Gasteiger partial charge in [-0.3, -0.25) is 9.10 Å². The van der Waals surface area contributed by atoms with Crippen molar-refractivity contribution in [2.75, 3.05) is 29.4 Å². The van der Waals surface area contributed by atoms with E-state index in [1.807, 2.05) is 31.2 Å². The molecule has 2 aromatic rings. The number of amides is 1. The maximum Gasteiger partial charge on any atom is 0.240 e. The summed E-state index contributed by atoms with van der Waals surface area (Å²) in [6, 6.07) is 12.9. The van der Waals surface area contributed by atoms with Gasteiger partial charge in [-0.05, 0) is 54.5 Å². The standard InChI is InChI=1S/C20H24BrClN2O3S2/c1-15-12-17(8-9-18(15)21)24(29(2,26)27)13-20(25)23-10-5-11-28-14-16-6-3-4-7-19(16)22/h3-4,6-9,12H,5,10-11,13-14H2,1-2H3,(H,23,25). The lowest BCUT2D eigenvalue weighted by molar-refractivity contribution is -0.119. The molecule has 1 amide bonds. The molecule has 0 aliphatic heterocycles. The van der Waals surface area contributed by atoms with Gasteiger partial charge in [0.15, 0.2) is 0 Å². The van der Waals surface area contributed by atoms with Gasteiger partial charge < -0.3 is 5.32 Å². The topological polar surface area (TPSA) is 66.5 Å². The van der Waals surface area contributed by atoms with Crippen LogP contribution in [0.25, 0.3) is 0 Å². The number of nitrogens with zero attached hydrogens (tertiary/aromatic N) is 1. The quantitative estimate of drug-likeness (QED) is 0.465. The Bertz CT molecular complexity index is 954. The highest BCUT2D eigenvalue weighted by Crippen LogP contribution is 2.24. The van der Waals surface area contributed by atoms with Gasteiger partial charge in [-0.1, -0.05) is 45.7 Å². The van der Waals surface area contributed by atoms with Crippen molar-refractivity contribution in [1.82, 2.24) is 5.32 Å². The molecule has 5 nitrogen and oxygen atoms in total. The minimum Gasteiger partial charge on any atom is -0.354 e. The summed E-state index contributed by atoms with van der Waals surface area (Å²) in [6.45, 7) is 2.12. The zero-order valence-corrected chi connectivity index (χ0v) is 20.3. The number of hydrogen-bond donors (Lipinski definition) is 1. The maximum absolute atomic E-state index is 12.3. The first-order valence-corrected chi connectivity index (χ1v) is 13.2. The molecule has 0 saturated carbocycles. The van der Waals surface area contributed by atoms with Crippen molar-refractivity contribution in [2.45, 2.75) is 19.1 Å². The number of aryl methyl sites for hydroxylation is 1. The number of halogens is 2. The van der Waals surface area contributed by atoms with Crippen molar-refractivity contribution >= 4 is 60.9 Å². The first kappa shape index (κ1) is 24.1. The number of hydrogen-bond acceptors (Lipinski definition) is 4. The third-order valence-electron chi connectivity index (χ3n) is 4.12. The highest BCUT2D eigenvalue weighted by molar-refractivity contribution is 9.10. The second-order valence-corrected chi connectivity index (χ2v) is 10.8. The maximum atomic E-state index is 12.3. The van der Waals surface area contributed by atoms with E-state index in [2.05, 4.69) is 21.2 Å². The molecule has 2 rings (SSSR count). The molecule has 2 aromatic carbocycles. The molecule has 0 spiro atoms. The molecule has 0 aliphatic carbocycles. The number of rotatable bonds is 10. The second-order valence-electron chi connectivity index (χ2n) is 6.55. The van der Waals surface area contributed by atoms with Gasteiger partial charge in [-0.15, -0.1) is 0 Å². The van der Waals surface area contributed by atoms with E-state index < -0.39 is 10.0 Å². The SMILES string of the molecule is Cc1cc(N(CC(=O)NCCCSCc2ccccc2Cl)S(C)(=O)=O)ccc1Br. The Morgan fingerprint density at radius 2 is 1.97 bits per heavy atom. The summed E-state index contributed by atoms with van der Waals surface area (Å²) in [5.41, 5.74) is 2.46. The summed E-state index contributed by atoms with van der Waals surface area (Å²) in [5, 5.41) is 3.56. The van der Waals surface area contributed by atoms with E-state index in [1.165, 1.54) is 0 Å². The normalized spacial score (nSPS) is 11.3. The molecule has 0 aliphatic rings. The fourth-order valence-corrected chi connectivity index (χ4v) is 4.91. The molecule has 0 atom stereocenters. The third-order valence-corrected chi connectivity index (χ3v) is 7.61. The first-order valence-electron chi connectivity index (χ1n) is 9.00. The molecule has 0 bridgehead atoms. The van der Waals surface area contributed by atoms with Crippen LogP contribution >= 0.6 is 39.3 Å². The van der Waals surface area contributed by atoms with Gasteiger partial charge in [0.2, 0.25) is 15.9 Å². The van der Waals surface area contributed by atoms with E-state index in [4.69, 9.17) is 11.6 Å². The van der Waals surface area contributed by atoms with Crippen molar-refractivity contribution in [3.05, 3.63) is 63.1 Å². The number of sulfonamides is 1. The van der Waals surface area contributed by atoms with Crippen LogP contribution < -0.4 is 9.62 Å². The van der Waals surface area contributed by atoms with Gasteiger partial charge in [0.25, 0.3) is 0 Å². The number of nitrogens with one attached hydrogen (secondary N) is 1. The first-order chi connectivity index (χ1) is 13.7. The van der Waals surface area contributed by atoms with Crippen LogP contribution in [0.5, 0.6) is 0 Å². The van der Waals surface area contributed by atoms with Crippen molar-refractivity contribution in [3.8, 4) is 0 Å². The number of carbonyl (C=O) groups is 1. The summed E-state index contributed by atoms with van der Waals surface area (Å²) < 4.78 is 26.3. The smallest absolute Gasteiger partial charge is 0.240 e. The second kappa shape index (κ2) is 11.2. The van der Waals surface area contributed by atoms with Crippen molar-refractivity contribution in [3.63, 3.8) is 0 Å². The average Bonchev–Trinajstić information content (AvgIpc) is 2.65. The van der Waals surface area contributed by atoms with Crippen LogP contribution in [0.2, 0.25) is 5.02 Å². The minimum absolute atomic E-state index is 0.243. The van der Waals surface area contributed by atoms with Crippen LogP contribution in [0.4, 0.5) is 5.69 Å². The predicted molar refractivity (Wildman–Crippen MR) is 126 cm³/mol. The summed E-state index contributed by atoms with van der Waals surface area (Å²) >= 11 is 11.3. The molecule has 0 aromatic heterocycles. The largest absolute Gasteiger partial charge is 0.354 e. The zero-order chi connectivity index (χ0) is 21.4. The Morgan fingerprint density at radius 3 is 2.62 bits per heavy atom. The van der Waals surface area contributed by atoms with E-state index in [1.54, 1.807) is 30.0 Å². The molecule has 0 heterocycles. The lowest BCUT2D eigenvalue weighted by Gasteiger charge is -2.22. The number of carbonyl (C=O) groups excluding carboxylic acids is 1. The fraction of sp³-hybridized carbons (Fsp3) is 0.350. The monoisotopic (exact) mass is 518 g/mol. The van der Waals surface area contributed by atoms with Gasteiger partial charge in [0.1, 0.15) is 6.54 Å². The van der Waals surface area contributed by atoms with E-state index in [-0.39, 0.29) is 12.5 Å². The molecule has 0 radical (unpaired) electrons. The Balaban J connectivity index is 1.80. The zero-order valence-electron chi connectivity index (χ0n) is 16.3. The van der Waals surface area contributed by atoms with Crippen LogP contribution in [0.15, 0.2) is 46.9 Å². The lowest BCUT2D eigenvalue weighted by atomic mass is 10.2. The van der Waals surface area contributed by atoms with E-state index in [0.29, 0.717) is 12.2 Å². The minimum atomic E-state index is -3.58. The van der Waals surface area contributed by atoms with Gasteiger partial charge in [-0.25, -0.2) is 8.42 Å². The molecule has 158 valence electrons. The third kappa shape index (κ3) is 7.85. The molecule has 29 heavy (non-hydrogen) atoms. The molecule has 0 fully saturated rings. The molecular formula is C20H24BrClN2O3S2. The Hall–Kier alpha value is -1.22. The predicted octanol–water partition coefficient (Wildman–Crippen LogP) is 4.62. The average molecular weight is 520 g/mol. The molecule has 1 N–H and O–H groups in total. The van der Waals surface area contributed by atoms with Crippen LogP contribution in [-0.2, 0) is 20.6 Å². The summed E-state index contributed by atoms with van der Waals surface area (Å²) in [4.78, 5) is 12.3. The molecular weight excluding hydrogens is 496 g/mol. The lowest BCUT2D eigenvalue weighted by Crippen LogP contribution is -2.40. The highest BCUT2D eigenvalue weighted by Gasteiger charge is 2.21. The van der Waals surface area contributed by atoms with Gasteiger partial charge in [0.05, 0.1) is 11.9 Å². The van der Waals surface area contributed by atoms with E-state index in [0.717, 1.165) is 49.1 Å². The van der Waals surface area contributed by atoms with Crippen LogP contribution in [0.1, 0.15) is 17.5 Å². The summed E-state index contributed by atoms with van der Waals surface area (Å²) in [6.07, 6.45) is 1.89. The highest BCUT2D eigenvalue weighted by atomic mass is 79.9. The van der Waals surface area contributed by atoms with E-state index >= 15 is 0 Å². The van der Waals surface area contributed by atoms with Gasteiger partial charge in [0, 0.05) is 21.8 Å². The van der Waals surface area contributed by atoms with Crippen molar-refractivity contribution in [1.29, 1.82) is 0 Å². The molecule has 9 heteroatoms. The number of benzene rings is 2. The molecule has 0 saturated heterocycles. The summed E-state index contributed by atoms with van der Waals surface area (Å²) in [7, 11) is -3.58.